The summed E-state index contributed by atoms with van der Waals surface area (Å²) in [5.74, 6) is 0.156. The van der Waals surface area contributed by atoms with Crippen LogP contribution in [0.2, 0.25) is 0 Å². The second-order valence-electron chi connectivity index (χ2n) is 3.25. The van der Waals surface area contributed by atoms with Crippen molar-refractivity contribution >= 4 is 0 Å². The SMILES string of the molecule is CNC(COC)c1cccc(OC(F)F)c1. The molecule has 0 heterocycles. The highest BCUT2D eigenvalue weighted by Crippen LogP contribution is 2.20. The maximum atomic E-state index is 12.0. The summed E-state index contributed by atoms with van der Waals surface area (Å²) in [4.78, 5) is 0. The summed E-state index contributed by atoms with van der Waals surface area (Å²) in [6.07, 6.45) is 0. The molecule has 0 spiro atoms. The smallest absolute Gasteiger partial charge is 0.387 e. The quantitative estimate of drug-likeness (QED) is 0.814. The summed E-state index contributed by atoms with van der Waals surface area (Å²) in [7, 11) is 3.37. The van der Waals surface area contributed by atoms with E-state index >= 15 is 0 Å². The van der Waals surface area contributed by atoms with Gasteiger partial charge in [-0.3, -0.25) is 0 Å². The molecule has 0 saturated heterocycles. The lowest BCUT2D eigenvalue weighted by atomic mass is 10.1. The minimum Gasteiger partial charge on any atom is -0.435 e. The number of hydrogen-bond acceptors (Lipinski definition) is 3. The van der Waals surface area contributed by atoms with Crippen molar-refractivity contribution in [3.63, 3.8) is 0 Å². The first-order valence-electron chi connectivity index (χ1n) is 4.88. The molecule has 90 valence electrons. The van der Waals surface area contributed by atoms with Gasteiger partial charge in [0.1, 0.15) is 5.75 Å². The highest BCUT2D eigenvalue weighted by Gasteiger charge is 2.11. The molecular weight excluding hydrogens is 216 g/mol. The van der Waals surface area contributed by atoms with Crippen molar-refractivity contribution in [1.29, 1.82) is 0 Å². The Balaban J connectivity index is 2.79. The monoisotopic (exact) mass is 231 g/mol. The van der Waals surface area contributed by atoms with Gasteiger partial charge in [-0.2, -0.15) is 8.78 Å². The summed E-state index contributed by atoms with van der Waals surface area (Å²) in [6.45, 7) is -2.33. The van der Waals surface area contributed by atoms with E-state index in [4.69, 9.17) is 4.74 Å². The van der Waals surface area contributed by atoms with E-state index in [2.05, 4.69) is 10.1 Å². The Kier molecular flexibility index (Phi) is 5.14. The molecule has 3 nitrogen and oxygen atoms in total. The van der Waals surface area contributed by atoms with E-state index in [1.165, 1.54) is 6.07 Å². The lowest BCUT2D eigenvalue weighted by molar-refractivity contribution is -0.0499. The fraction of sp³-hybridized carbons (Fsp3) is 0.455. The molecule has 1 aromatic carbocycles. The number of ether oxygens (including phenoxy) is 2. The van der Waals surface area contributed by atoms with Crippen LogP contribution in [0.1, 0.15) is 11.6 Å². The van der Waals surface area contributed by atoms with Gasteiger partial charge in [0.15, 0.2) is 0 Å². The van der Waals surface area contributed by atoms with Gasteiger partial charge in [0.2, 0.25) is 0 Å². The number of rotatable bonds is 6. The largest absolute Gasteiger partial charge is 0.435 e. The highest BCUT2D eigenvalue weighted by molar-refractivity contribution is 5.30. The van der Waals surface area contributed by atoms with Crippen LogP contribution in [0.4, 0.5) is 8.78 Å². The average molecular weight is 231 g/mol. The minimum absolute atomic E-state index is 0.0359. The third kappa shape index (κ3) is 3.75. The van der Waals surface area contributed by atoms with Gasteiger partial charge >= 0.3 is 6.61 Å². The average Bonchev–Trinajstić information content (AvgIpc) is 2.25. The van der Waals surface area contributed by atoms with Crippen molar-refractivity contribution in [2.24, 2.45) is 0 Å². The lowest BCUT2D eigenvalue weighted by Gasteiger charge is -2.16. The van der Waals surface area contributed by atoms with Crippen LogP contribution < -0.4 is 10.1 Å². The zero-order valence-electron chi connectivity index (χ0n) is 9.24. The number of nitrogens with one attached hydrogen (secondary N) is 1. The van der Waals surface area contributed by atoms with Gasteiger partial charge in [0.25, 0.3) is 0 Å². The summed E-state index contributed by atoms with van der Waals surface area (Å²) in [5, 5.41) is 3.03. The van der Waals surface area contributed by atoms with Gasteiger partial charge < -0.3 is 14.8 Å². The van der Waals surface area contributed by atoms with Crippen LogP contribution in [0, 0.1) is 0 Å². The van der Waals surface area contributed by atoms with E-state index in [9.17, 15) is 8.78 Å². The van der Waals surface area contributed by atoms with Crippen molar-refractivity contribution < 1.29 is 18.3 Å². The van der Waals surface area contributed by atoms with E-state index < -0.39 is 6.61 Å². The third-order valence-corrected chi connectivity index (χ3v) is 2.17. The second-order valence-corrected chi connectivity index (χ2v) is 3.25. The number of benzene rings is 1. The van der Waals surface area contributed by atoms with Crippen molar-refractivity contribution in [1.82, 2.24) is 5.32 Å². The Morgan fingerprint density at radius 1 is 1.38 bits per heavy atom. The molecule has 1 rings (SSSR count). The summed E-state index contributed by atoms with van der Waals surface area (Å²) in [5.41, 5.74) is 0.850. The van der Waals surface area contributed by atoms with Gasteiger partial charge in [0.05, 0.1) is 12.6 Å². The summed E-state index contributed by atoms with van der Waals surface area (Å²) < 4.78 is 33.4. The van der Waals surface area contributed by atoms with E-state index in [0.29, 0.717) is 6.61 Å². The van der Waals surface area contributed by atoms with Crippen LogP contribution in [0.25, 0.3) is 0 Å². The van der Waals surface area contributed by atoms with Crippen molar-refractivity contribution in [2.75, 3.05) is 20.8 Å². The topological polar surface area (TPSA) is 30.5 Å². The maximum Gasteiger partial charge on any atom is 0.387 e. The maximum absolute atomic E-state index is 12.0. The van der Waals surface area contributed by atoms with Crippen molar-refractivity contribution in [3.05, 3.63) is 29.8 Å². The molecule has 16 heavy (non-hydrogen) atoms. The van der Waals surface area contributed by atoms with Crippen LogP contribution in [0.5, 0.6) is 5.75 Å². The Labute approximate surface area is 93.4 Å². The molecule has 1 unspecified atom stereocenters. The number of likely N-dealkylation sites (N-methyl/N-ethyl adjacent to an activating group) is 1. The molecule has 5 heteroatoms. The predicted octanol–water partition coefficient (Wildman–Crippen LogP) is 2.19. The van der Waals surface area contributed by atoms with E-state index in [1.54, 1.807) is 26.3 Å². The molecular formula is C11H15F2NO2. The van der Waals surface area contributed by atoms with Crippen LogP contribution in [-0.2, 0) is 4.74 Å². The van der Waals surface area contributed by atoms with Gasteiger partial charge in [0, 0.05) is 7.11 Å². The Bertz CT molecular complexity index is 321. The molecule has 1 aromatic rings. The molecule has 0 bridgehead atoms. The molecule has 1 N–H and O–H groups in total. The zero-order valence-corrected chi connectivity index (χ0v) is 9.24. The second kappa shape index (κ2) is 6.40. The van der Waals surface area contributed by atoms with E-state index in [0.717, 1.165) is 5.56 Å². The molecule has 0 aliphatic carbocycles. The molecule has 0 radical (unpaired) electrons. The van der Waals surface area contributed by atoms with Gasteiger partial charge in [-0.15, -0.1) is 0 Å². The normalized spacial score (nSPS) is 12.8. The number of hydrogen-bond donors (Lipinski definition) is 1. The fourth-order valence-electron chi connectivity index (χ4n) is 1.42. The Morgan fingerprint density at radius 3 is 2.69 bits per heavy atom. The van der Waals surface area contributed by atoms with Crippen molar-refractivity contribution in [3.8, 4) is 5.75 Å². The first-order chi connectivity index (χ1) is 7.67. The van der Waals surface area contributed by atoms with Crippen LogP contribution >= 0.6 is 0 Å². The number of methoxy groups -OCH3 is 1. The van der Waals surface area contributed by atoms with Crippen molar-refractivity contribution in [2.45, 2.75) is 12.7 Å². The molecule has 0 aliphatic rings. The van der Waals surface area contributed by atoms with E-state index in [-0.39, 0.29) is 11.8 Å². The first kappa shape index (κ1) is 12.9. The first-order valence-corrected chi connectivity index (χ1v) is 4.88. The van der Waals surface area contributed by atoms with Crippen LogP contribution in [-0.4, -0.2) is 27.4 Å². The Morgan fingerprint density at radius 2 is 2.12 bits per heavy atom. The summed E-state index contributed by atoms with van der Waals surface area (Å²) >= 11 is 0. The fourth-order valence-corrected chi connectivity index (χ4v) is 1.42. The summed E-state index contributed by atoms with van der Waals surface area (Å²) in [6, 6.07) is 6.54. The number of alkyl halides is 2. The molecule has 1 atom stereocenters. The van der Waals surface area contributed by atoms with Gasteiger partial charge in [-0.25, -0.2) is 0 Å². The molecule has 0 aliphatic heterocycles. The Hall–Kier alpha value is -1.20. The van der Waals surface area contributed by atoms with Gasteiger partial charge in [-0.1, -0.05) is 12.1 Å². The number of halogens is 2. The van der Waals surface area contributed by atoms with Crippen LogP contribution in [0.15, 0.2) is 24.3 Å². The lowest BCUT2D eigenvalue weighted by Crippen LogP contribution is -2.21. The van der Waals surface area contributed by atoms with Gasteiger partial charge in [-0.05, 0) is 24.7 Å². The standard InChI is InChI=1S/C11H15F2NO2/c1-14-10(7-15-2)8-4-3-5-9(6-8)16-11(12)13/h3-6,10-11,14H,7H2,1-2H3. The minimum atomic E-state index is -2.80. The third-order valence-electron chi connectivity index (χ3n) is 2.17. The van der Waals surface area contributed by atoms with Crippen LogP contribution in [0.3, 0.4) is 0 Å². The predicted molar refractivity (Wildman–Crippen MR) is 56.8 cm³/mol. The van der Waals surface area contributed by atoms with E-state index in [1.807, 2.05) is 6.07 Å². The molecule has 0 saturated carbocycles. The molecule has 0 fully saturated rings. The molecule has 0 aromatic heterocycles. The molecule has 0 amide bonds. The zero-order chi connectivity index (χ0) is 12.0. The highest BCUT2D eigenvalue weighted by atomic mass is 19.3.